The van der Waals surface area contributed by atoms with E-state index in [-0.39, 0.29) is 23.3 Å². The molecular formula is C36H40O10. The predicted octanol–water partition coefficient (Wildman–Crippen LogP) is 4.29. The highest BCUT2D eigenvalue weighted by Crippen LogP contribution is 2.65. The van der Waals surface area contributed by atoms with Crippen LogP contribution in [0.15, 0.2) is 53.6 Å². The van der Waals surface area contributed by atoms with Gasteiger partial charge < -0.3 is 24.1 Å². The van der Waals surface area contributed by atoms with Crippen molar-refractivity contribution in [3.63, 3.8) is 0 Å². The Bertz CT molecular complexity index is 1720. The van der Waals surface area contributed by atoms with E-state index >= 15 is 4.79 Å². The van der Waals surface area contributed by atoms with Gasteiger partial charge in [0.05, 0.1) is 18.1 Å². The summed E-state index contributed by atoms with van der Waals surface area (Å²) in [5, 5.41) is 14.5. The Morgan fingerprint density at radius 1 is 0.957 bits per heavy atom. The second-order valence-electron chi connectivity index (χ2n) is 14.1. The Kier molecular flexibility index (Phi) is 7.37. The number of allylic oxidation sites excluding steroid dienone is 1. The molecule has 0 aromatic heterocycles. The third-order valence-corrected chi connectivity index (χ3v) is 11.5. The minimum absolute atomic E-state index is 0.121. The van der Waals surface area contributed by atoms with Crippen LogP contribution in [-0.4, -0.2) is 70.7 Å². The third kappa shape index (κ3) is 4.25. The zero-order valence-corrected chi connectivity index (χ0v) is 27.2. The minimum atomic E-state index is -2.13. The highest BCUT2D eigenvalue weighted by molar-refractivity contribution is 6.05. The van der Waals surface area contributed by atoms with E-state index in [9.17, 15) is 24.3 Å². The number of fused-ring (bicyclic) bond motifs is 6. The molecule has 244 valence electrons. The standard InChI is InChI=1S/C36H40O10/c1-18-15-26-35(17-43-26,46-21(4)38)29-31(45-32(41)24-14-10-12-22-11-8-9-13-23(22)24)36(42)16-25(39)19(2)27(33(36,5)6)28(44-20(3)37)30(40)34(18,29)7/h8-14,18,26,28-29,31,42H,15-17H2,1-7H3/t18-,26?,28?,29?,31?,34+,35?,36?/m0/s1. The maximum absolute atomic E-state index is 15.1. The van der Waals surface area contributed by atoms with Gasteiger partial charge in [-0.1, -0.05) is 64.1 Å². The zero-order chi connectivity index (χ0) is 33.6. The second kappa shape index (κ2) is 10.6. The molecule has 8 atom stereocenters. The van der Waals surface area contributed by atoms with Gasteiger partial charge in [0.2, 0.25) is 0 Å². The topological polar surface area (TPSA) is 143 Å². The van der Waals surface area contributed by atoms with Crippen molar-refractivity contribution in [2.45, 2.75) is 90.8 Å². The quantitative estimate of drug-likeness (QED) is 0.383. The number of hydrogen-bond donors (Lipinski definition) is 1. The van der Waals surface area contributed by atoms with Gasteiger partial charge in [0.25, 0.3) is 0 Å². The number of Topliss-reactive ketones (excluding diaryl/α,β-unsaturated/α-hetero) is 2. The van der Waals surface area contributed by atoms with Gasteiger partial charge >= 0.3 is 17.9 Å². The molecule has 0 amide bonds. The molecule has 1 aliphatic heterocycles. The fourth-order valence-electron chi connectivity index (χ4n) is 8.84. The summed E-state index contributed by atoms with van der Waals surface area (Å²) >= 11 is 0. The van der Waals surface area contributed by atoms with Crippen LogP contribution in [0.5, 0.6) is 0 Å². The maximum atomic E-state index is 15.1. The fourth-order valence-corrected chi connectivity index (χ4v) is 8.84. The molecular weight excluding hydrogens is 592 g/mol. The molecule has 0 spiro atoms. The van der Waals surface area contributed by atoms with Crippen LogP contribution in [0.4, 0.5) is 0 Å². The molecule has 6 rings (SSSR count). The van der Waals surface area contributed by atoms with E-state index in [1.165, 1.54) is 13.8 Å². The van der Waals surface area contributed by atoms with Crippen molar-refractivity contribution in [3.8, 4) is 0 Å². The van der Waals surface area contributed by atoms with Gasteiger partial charge in [0.1, 0.15) is 17.8 Å². The van der Waals surface area contributed by atoms with Crippen LogP contribution in [-0.2, 0) is 38.1 Å². The van der Waals surface area contributed by atoms with Crippen molar-refractivity contribution in [2.24, 2.45) is 22.7 Å². The van der Waals surface area contributed by atoms with E-state index in [0.717, 1.165) is 5.39 Å². The lowest BCUT2D eigenvalue weighted by Crippen LogP contribution is -2.80. The Morgan fingerprint density at radius 3 is 2.26 bits per heavy atom. The largest absolute Gasteiger partial charge is 0.455 e. The summed E-state index contributed by atoms with van der Waals surface area (Å²) < 4.78 is 24.3. The van der Waals surface area contributed by atoms with Crippen molar-refractivity contribution in [1.82, 2.24) is 0 Å². The third-order valence-electron chi connectivity index (χ3n) is 11.5. The summed E-state index contributed by atoms with van der Waals surface area (Å²) in [6.45, 7) is 10.7. The van der Waals surface area contributed by atoms with Gasteiger partial charge in [-0.15, -0.1) is 0 Å². The molecule has 2 aromatic carbocycles. The Balaban J connectivity index is 1.65. The number of ketones is 2. The van der Waals surface area contributed by atoms with Gasteiger partial charge in [-0.25, -0.2) is 4.79 Å². The van der Waals surface area contributed by atoms with Crippen molar-refractivity contribution >= 4 is 40.2 Å². The normalized spacial score (nSPS) is 36.4. The van der Waals surface area contributed by atoms with E-state index in [0.29, 0.717) is 11.8 Å². The fraction of sp³-hybridized carbons (Fsp3) is 0.528. The Labute approximate surface area is 267 Å². The lowest BCUT2D eigenvalue weighted by atomic mass is 9.43. The summed E-state index contributed by atoms with van der Waals surface area (Å²) in [6.07, 6.45) is -3.87. The monoisotopic (exact) mass is 632 g/mol. The summed E-state index contributed by atoms with van der Waals surface area (Å²) in [7, 11) is 0. The van der Waals surface area contributed by atoms with E-state index in [1.54, 1.807) is 52.0 Å². The van der Waals surface area contributed by atoms with Gasteiger partial charge in [0.15, 0.2) is 23.3 Å². The summed E-state index contributed by atoms with van der Waals surface area (Å²) in [6, 6.07) is 12.5. The minimum Gasteiger partial charge on any atom is -0.455 e. The molecule has 0 radical (unpaired) electrons. The van der Waals surface area contributed by atoms with Crippen LogP contribution in [0.3, 0.4) is 0 Å². The number of carbonyl (C=O) groups is 5. The molecule has 1 heterocycles. The molecule has 10 heteroatoms. The number of carbonyl (C=O) groups excluding carboxylic acids is 5. The summed E-state index contributed by atoms with van der Waals surface area (Å²) in [4.78, 5) is 68.5. The first-order valence-corrected chi connectivity index (χ1v) is 15.7. The predicted molar refractivity (Wildman–Crippen MR) is 164 cm³/mol. The first kappa shape index (κ1) is 32.1. The molecule has 1 N–H and O–H groups in total. The molecule has 10 nitrogen and oxygen atoms in total. The van der Waals surface area contributed by atoms with Crippen LogP contribution in [0.25, 0.3) is 10.8 Å². The molecule has 46 heavy (non-hydrogen) atoms. The van der Waals surface area contributed by atoms with Crippen LogP contribution in [0, 0.1) is 22.7 Å². The molecule has 1 saturated heterocycles. The van der Waals surface area contributed by atoms with Crippen molar-refractivity contribution in [2.75, 3.05) is 6.61 Å². The van der Waals surface area contributed by atoms with Crippen LogP contribution in [0.2, 0.25) is 0 Å². The molecule has 3 fully saturated rings. The maximum Gasteiger partial charge on any atom is 0.339 e. The van der Waals surface area contributed by atoms with Crippen LogP contribution in [0.1, 0.15) is 71.7 Å². The van der Waals surface area contributed by atoms with Crippen molar-refractivity contribution < 1.29 is 48.0 Å². The SMILES string of the molecule is CC(=O)OC1C(=O)[C@@]2(C)C(C(OC(=O)c3cccc4ccccc34)C3(O)CC(=O)C(C)=C1C3(C)C)C1(OC(C)=O)COC1C[C@@H]2C. The van der Waals surface area contributed by atoms with Gasteiger partial charge in [0, 0.05) is 31.1 Å². The lowest BCUT2D eigenvalue weighted by molar-refractivity contribution is -0.338. The Hall–Kier alpha value is -3.89. The number of benzene rings is 2. The van der Waals surface area contributed by atoms with Crippen LogP contribution >= 0.6 is 0 Å². The number of hydrogen-bond acceptors (Lipinski definition) is 10. The number of aliphatic hydroxyl groups is 1. The molecule has 4 aliphatic rings. The first-order chi connectivity index (χ1) is 21.5. The van der Waals surface area contributed by atoms with Crippen molar-refractivity contribution in [1.29, 1.82) is 0 Å². The number of esters is 3. The van der Waals surface area contributed by atoms with Crippen molar-refractivity contribution in [3.05, 3.63) is 59.2 Å². The van der Waals surface area contributed by atoms with Crippen LogP contribution < -0.4 is 0 Å². The highest BCUT2D eigenvalue weighted by Gasteiger charge is 2.77. The van der Waals surface area contributed by atoms with Gasteiger partial charge in [-0.05, 0) is 47.2 Å². The number of ether oxygens (including phenoxy) is 4. The smallest absolute Gasteiger partial charge is 0.339 e. The highest BCUT2D eigenvalue weighted by atomic mass is 16.6. The summed E-state index contributed by atoms with van der Waals surface area (Å²) in [5.41, 5.74) is -5.95. The van der Waals surface area contributed by atoms with E-state index in [2.05, 4.69) is 0 Å². The van der Waals surface area contributed by atoms with E-state index in [4.69, 9.17) is 18.9 Å². The van der Waals surface area contributed by atoms with Gasteiger partial charge in [-0.2, -0.15) is 0 Å². The first-order valence-electron chi connectivity index (χ1n) is 15.7. The van der Waals surface area contributed by atoms with Gasteiger partial charge in [-0.3, -0.25) is 19.2 Å². The molecule has 2 saturated carbocycles. The summed E-state index contributed by atoms with van der Waals surface area (Å²) in [5.74, 6) is -4.82. The second-order valence-corrected chi connectivity index (χ2v) is 14.1. The molecule has 6 unspecified atom stereocenters. The molecule has 3 aliphatic carbocycles. The zero-order valence-electron chi connectivity index (χ0n) is 27.2. The molecule has 2 bridgehead atoms. The Morgan fingerprint density at radius 2 is 1.63 bits per heavy atom. The lowest BCUT2D eigenvalue weighted by Gasteiger charge is -2.67. The average molecular weight is 633 g/mol. The molecule has 2 aromatic rings. The average Bonchev–Trinajstić information content (AvgIpc) is 2.98. The number of rotatable bonds is 4. The van der Waals surface area contributed by atoms with E-state index in [1.807, 2.05) is 25.1 Å². The van der Waals surface area contributed by atoms with E-state index < -0.39 is 88.1 Å².